The first-order chi connectivity index (χ1) is 9.58. The van der Waals surface area contributed by atoms with Gasteiger partial charge in [-0.15, -0.1) is 0 Å². The van der Waals surface area contributed by atoms with E-state index in [2.05, 4.69) is 10.6 Å². The minimum atomic E-state index is -0.168. The second-order valence-corrected chi connectivity index (χ2v) is 5.73. The van der Waals surface area contributed by atoms with Crippen LogP contribution >= 0.6 is 23.2 Å². The molecule has 1 fully saturated rings. The second kappa shape index (κ2) is 7.27. The molecule has 1 aromatic rings. The van der Waals surface area contributed by atoms with Crippen LogP contribution < -0.4 is 10.6 Å². The molecule has 2 N–H and O–H groups in total. The Morgan fingerprint density at radius 2 is 2.15 bits per heavy atom. The zero-order valence-corrected chi connectivity index (χ0v) is 12.9. The van der Waals surface area contributed by atoms with Gasteiger partial charge in [0.1, 0.15) is 0 Å². The Bertz CT molecular complexity index is 463. The minimum Gasteiger partial charge on any atom is -0.380 e. The Kier molecular flexibility index (Phi) is 5.66. The maximum absolute atomic E-state index is 12.1. The highest BCUT2D eigenvalue weighted by Gasteiger charge is 2.15. The van der Waals surface area contributed by atoms with Gasteiger partial charge in [0.05, 0.1) is 13.2 Å². The van der Waals surface area contributed by atoms with Crippen molar-refractivity contribution >= 4 is 29.1 Å². The molecule has 1 aliphatic rings. The van der Waals surface area contributed by atoms with E-state index in [1.165, 1.54) is 0 Å². The van der Waals surface area contributed by atoms with Crippen molar-refractivity contribution in [1.82, 2.24) is 10.6 Å². The quantitative estimate of drug-likeness (QED) is 0.899. The molecule has 1 saturated heterocycles. The van der Waals surface area contributed by atoms with Crippen molar-refractivity contribution in [3.63, 3.8) is 0 Å². The fourth-order valence-electron chi connectivity index (χ4n) is 2.01. The lowest BCUT2D eigenvalue weighted by Gasteiger charge is -2.15. The second-order valence-electron chi connectivity index (χ2n) is 4.92. The molecule has 2 rings (SSSR count). The van der Waals surface area contributed by atoms with Gasteiger partial charge in [-0.1, -0.05) is 23.2 Å². The lowest BCUT2D eigenvalue weighted by molar-refractivity contribution is 0.0921. The van der Waals surface area contributed by atoms with E-state index >= 15 is 0 Å². The van der Waals surface area contributed by atoms with Gasteiger partial charge in [0.2, 0.25) is 0 Å². The fraction of sp³-hybridized carbons (Fsp3) is 0.500. The van der Waals surface area contributed by atoms with Crippen LogP contribution in [0.15, 0.2) is 12.1 Å². The average molecular weight is 317 g/mol. The Morgan fingerprint density at radius 3 is 2.85 bits per heavy atom. The number of rotatable bonds is 3. The van der Waals surface area contributed by atoms with Crippen LogP contribution in [0, 0.1) is 12.8 Å². The normalized spacial score (nSPS) is 19.4. The molecular formula is C14H18Cl2N2O2. The van der Waals surface area contributed by atoms with E-state index in [1.807, 2.05) is 6.92 Å². The van der Waals surface area contributed by atoms with Gasteiger partial charge < -0.3 is 15.4 Å². The van der Waals surface area contributed by atoms with Crippen LogP contribution in [-0.4, -0.2) is 38.8 Å². The van der Waals surface area contributed by atoms with E-state index in [0.29, 0.717) is 35.4 Å². The molecule has 1 amide bonds. The van der Waals surface area contributed by atoms with Crippen LogP contribution in [0.3, 0.4) is 0 Å². The molecule has 0 radical (unpaired) electrons. The van der Waals surface area contributed by atoms with Crippen LogP contribution in [0.1, 0.15) is 15.9 Å². The van der Waals surface area contributed by atoms with Crippen LogP contribution in [0.5, 0.6) is 0 Å². The maximum atomic E-state index is 12.1. The largest absolute Gasteiger partial charge is 0.380 e. The predicted molar refractivity (Wildman–Crippen MR) is 80.7 cm³/mol. The predicted octanol–water partition coefficient (Wildman–Crippen LogP) is 2.27. The molecule has 1 aliphatic heterocycles. The summed E-state index contributed by atoms with van der Waals surface area (Å²) >= 11 is 12.1. The summed E-state index contributed by atoms with van der Waals surface area (Å²) in [6, 6.07) is 3.28. The summed E-state index contributed by atoms with van der Waals surface area (Å²) in [6.07, 6.45) is 0. The van der Waals surface area contributed by atoms with E-state index in [1.54, 1.807) is 12.1 Å². The van der Waals surface area contributed by atoms with Gasteiger partial charge in [0.15, 0.2) is 0 Å². The Hall–Kier alpha value is -0.810. The number of hydrogen-bond acceptors (Lipinski definition) is 3. The van der Waals surface area contributed by atoms with Crippen molar-refractivity contribution in [3.8, 4) is 0 Å². The molecule has 1 atom stereocenters. The number of halogens is 2. The van der Waals surface area contributed by atoms with E-state index in [9.17, 15) is 4.79 Å². The van der Waals surface area contributed by atoms with Crippen LogP contribution in [0.4, 0.5) is 0 Å². The third kappa shape index (κ3) is 4.09. The van der Waals surface area contributed by atoms with Crippen molar-refractivity contribution < 1.29 is 9.53 Å². The maximum Gasteiger partial charge on any atom is 0.251 e. The zero-order valence-electron chi connectivity index (χ0n) is 11.3. The number of benzene rings is 1. The molecular weight excluding hydrogens is 299 g/mol. The first kappa shape index (κ1) is 15.6. The van der Waals surface area contributed by atoms with Crippen molar-refractivity contribution in [3.05, 3.63) is 33.3 Å². The molecule has 20 heavy (non-hydrogen) atoms. The number of hydrogen-bond donors (Lipinski definition) is 2. The topological polar surface area (TPSA) is 50.4 Å². The van der Waals surface area contributed by atoms with Crippen molar-refractivity contribution in [1.29, 1.82) is 0 Å². The molecule has 1 heterocycles. The Balaban J connectivity index is 1.94. The minimum absolute atomic E-state index is 0.168. The standard InChI is InChI=1S/C14H18Cl2N2O2/c1-9-12(15)4-11(5-13(9)16)14(19)18-7-10-6-17-2-3-20-8-10/h4-5,10,17H,2-3,6-8H2,1H3,(H,18,19)/t10-/m1/s1. The molecule has 0 spiro atoms. The highest BCUT2D eigenvalue weighted by atomic mass is 35.5. The number of carbonyl (C=O) groups is 1. The number of amides is 1. The molecule has 0 unspecified atom stereocenters. The lowest BCUT2D eigenvalue weighted by Crippen LogP contribution is -2.35. The average Bonchev–Trinajstić information content (AvgIpc) is 2.70. The summed E-state index contributed by atoms with van der Waals surface area (Å²) < 4.78 is 5.44. The van der Waals surface area contributed by atoms with Crippen LogP contribution in [0.2, 0.25) is 10.0 Å². The molecule has 0 saturated carbocycles. The SMILES string of the molecule is Cc1c(Cl)cc(C(=O)NC[C@H]2CNCCOC2)cc1Cl. The van der Waals surface area contributed by atoms with Crippen LogP contribution in [0.25, 0.3) is 0 Å². The van der Waals surface area contributed by atoms with Crippen molar-refractivity contribution in [2.45, 2.75) is 6.92 Å². The van der Waals surface area contributed by atoms with Gasteiger partial charge in [0, 0.05) is 41.2 Å². The fourth-order valence-corrected chi connectivity index (χ4v) is 2.49. The Labute approximate surface area is 128 Å². The van der Waals surface area contributed by atoms with Crippen molar-refractivity contribution in [2.24, 2.45) is 5.92 Å². The molecule has 1 aromatic carbocycles. The zero-order chi connectivity index (χ0) is 14.5. The van der Waals surface area contributed by atoms with E-state index < -0.39 is 0 Å². The van der Waals surface area contributed by atoms with Gasteiger partial charge in [-0.3, -0.25) is 4.79 Å². The first-order valence-electron chi connectivity index (χ1n) is 6.60. The van der Waals surface area contributed by atoms with Gasteiger partial charge in [-0.05, 0) is 24.6 Å². The third-order valence-electron chi connectivity index (χ3n) is 3.30. The number of ether oxygens (including phenoxy) is 1. The molecule has 0 aromatic heterocycles. The first-order valence-corrected chi connectivity index (χ1v) is 7.36. The van der Waals surface area contributed by atoms with E-state index in [4.69, 9.17) is 27.9 Å². The number of nitrogens with one attached hydrogen (secondary N) is 2. The monoisotopic (exact) mass is 316 g/mol. The van der Waals surface area contributed by atoms with Gasteiger partial charge in [0.25, 0.3) is 5.91 Å². The lowest BCUT2D eigenvalue weighted by atomic mass is 10.1. The molecule has 6 heteroatoms. The summed E-state index contributed by atoms with van der Waals surface area (Å²) in [4.78, 5) is 12.1. The molecule has 110 valence electrons. The van der Waals surface area contributed by atoms with Gasteiger partial charge >= 0.3 is 0 Å². The highest BCUT2D eigenvalue weighted by molar-refractivity contribution is 6.36. The molecule has 0 bridgehead atoms. The summed E-state index contributed by atoms with van der Waals surface area (Å²) in [5, 5.41) is 7.17. The molecule has 4 nitrogen and oxygen atoms in total. The van der Waals surface area contributed by atoms with E-state index in [0.717, 1.165) is 18.7 Å². The van der Waals surface area contributed by atoms with Crippen LogP contribution in [-0.2, 0) is 4.74 Å². The summed E-state index contributed by atoms with van der Waals surface area (Å²) in [5.74, 6) is 0.107. The summed E-state index contributed by atoms with van der Waals surface area (Å²) in [5.41, 5.74) is 1.26. The van der Waals surface area contributed by atoms with Gasteiger partial charge in [-0.25, -0.2) is 0 Å². The van der Waals surface area contributed by atoms with Gasteiger partial charge in [-0.2, -0.15) is 0 Å². The summed E-state index contributed by atoms with van der Waals surface area (Å²) in [6.45, 7) is 5.45. The summed E-state index contributed by atoms with van der Waals surface area (Å²) in [7, 11) is 0. The molecule has 0 aliphatic carbocycles. The van der Waals surface area contributed by atoms with Crippen molar-refractivity contribution in [2.75, 3.05) is 32.8 Å². The smallest absolute Gasteiger partial charge is 0.251 e. The Morgan fingerprint density at radius 1 is 1.45 bits per heavy atom. The van der Waals surface area contributed by atoms with E-state index in [-0.39, 0.29) is 11.8 Å². The highest BCUT2D eigenvalue weighted by Crippen LogP contribution is 2.25. The third-order valence-corrected chi connectivity index (χ3v) is 4.09. The number of carbonyl (C=O) groups excluding carboxylic acids is 1.